The number of aromatic nitrogens is 2. The highest BCUT2D eigenvalue weighted by Gasteiger charge is 2.43. The maximum absolute atomic E-state index is 13.5. The smallest absolute Gasteiger partial charge is 0.317 e. The van der Waals surface area contributed by atoms with Gasteiger partial charge in [-0.05, 0) is 19.8 Å². The van der Waals surface area contributed by atoms with Crippen molar-refractivity contribution >= 4 is 6.03 Å². The molecule has 21 heavy (non-hydrogen) atoms. The first-order chi connectivity index (χ1) is 9.81. The van der Waals surface area contributed by atoms with Crippen LogP contribution >= 0.6 is 0 Å². The van der Waals surface area contributed by atoms with Crippen LogP contribution in [0.25, 0.3) is 0 Å². The number of amides is 2. The monoisotopic (exact) mass is 300 g/mol. The predicted molar refractivity (Wildman–Crippen MR) is 75.1 cm³/mol. The molecule has 1 heterocycles. The highest BCUT2D eigenvalue weighted by Crippen LogP contribution is 2.39. The fourth-order valence-electron chi connectivity index (χ4n) is 2.62. The zero-order chi connectivity index (χ0) is 15.6. The second-order valence-corrected chi connectivity index (χ2v) is 5.77. The maximum Gasteiger partial charge on any atom is 0.317 e. The quantitative estimate of drug-likeness (QED) is 0.927. The number of nitrogens with zero attached hydrogens (tertiary/aromatic N) is 3. The molecule has 0 aromatic carbocycles. The topological polar surface area (TPSA) is 50.2 Å². The summed E-state index contributed by atoms with van der Waals surface area (Å²) in [7, 11) is 3.48. The van der Waals surface area contributed by atoms with Gasteiger partial charge in [-0.25, -0.2) is 13.6 Å². The molecule has 1 atom stereocenters. The molecule has 0 saturated heterocycles. The van der Waals surface area contributed by atoms with E-state index in [1.165, 1.54) is 4.90 Å². The molecule has 1 unspecified atom stereocenters. The fraction of sp³-hybridized carbons (Fsp3) is 0.714. The molecule has 0 aliphatic heterocycles. The zero-order valence-electron chi connectivity index (χ0n) is 12.7. The first-order valence-corrected chi connectivity index (χ1v) is 7.15. The van der Waals surface area contributed by atoms with Gasteiger partial charge in [0.05, 0.1) is 12.7 Å². The standard InChI is InChI=1S/C14H22F2N4O/c1-10-11(7-18-20(10)3)9-19(2)13(21)17-8-12-5-4-6-14(12,15)16/h7,12H,4-6,8-9H2,1-3H3,(H,17,21). The van der Waals surface area contributed by atoms with Crippen molar-refractivity contribution in [1.29, 1.82) is 0 Å². The summed E-state index contributed by atoms with van der Waals surface area (Å²) in [5, 5.41) is 6.72. The number of rotatable bonds is 4. The summed E-state index contributed by atoms with van der Waals surface area (Å²) in [4.78, 5) is 13.5. The molecule has 2 rings (SSSR count). The van der Waals surface area contributed by atoms with E-state index < -0.39 is 11.8 Å². The number of halogens is 2. The van der Waals surface area contributed by atoms with E-state index >= 15 is 0 Å². The molecule has 2 amide bonds. The van der Waals surface area contributed by atoms with E-state index in [0.717, 1.165) is 11.3 Å². The molecular formula is C14H22F2N4O. The van der Waals surface area contributed by atoms with E-state index in [1.54, 1.807) is 17.9 Å². The van der Waals surface area contributed by atoms with Gasteiger partial charge in [-0.2, -0.15) is 5.10 Å². The first-order valence-electron chi connectivity index (χ1n) is 7.15. The van der Waals surface area contributed by atoms with Crippen LogP contribution in [0.2, 0.25) is 0 Å². The Hall–Kier alpha value is -1.66. The summed E-state index contributed by atoms with van der Waals surface area (Å²) in [6.07, 6.45) is 2.64. The Labute approximate surface area is 123 Å². The summed E-state index contributed by atoms with van der Waals surface area (Å²) in [6.45, 7) is 2.36. The molecule has 118 valence electrons. The van der Waals surface area contributed by atoms with Crippen molar-refractivity contribution in [1.82, 2.24) is 20.0 Å². The van der Waals surface area contributed by atoms with Crippen molar-refractivity contribution in [2.45, 2.75) is 38.7 Å². The minimum Gasteiger partial charge on any atom is -0.337 e. The second-order valence-electron chi connectivity index (χ2n) is 5.77. The Balaban J connectivity index is 1.84. The average molecular weight is 300 g/mol. The Bertz CT molecular complexity index is 515. The number of nitrogens with one attached hydrogen (secondary N) is 1. The number of hydrogen-bond acceptors (Lipinski definition) is 2. The molecule has 7 heteroatoms. The number of carbonyl (C=O) groups is 1. The van der Waals surface area contributed by atoms with Crippen LogP contribution in [0.5, 0.6) is 0 Å². The van der Waals surface area contributed by atoms with Gasteiger partial charge in [0.1, 0.15) is 0 Å². The van der Waals surface area contributed by atoms with E-state index in [2.05, 4.69) is 10.4 Å². The van der Waals surface area contributed by atoms with Crippen LogP contribution in [-0.4, -0.2) is 40.2 Å². The third kappa shape index (κ3) is 3.51. The van der Waals surface area contributed by atoms with Gasteiger partial charge in [-0.15, -0.1) is 0 Å². The molecule has 1 saturated carbocycles. The Morgan fingerprint density at radius 2 is 2.33 bits per heavy atom. The maximum atomic E-state index is 13.5. The fourth-order valence-corrected chi connectivity index (χ4v) is 2.62. The number of alkyl halides is 2. The van der Waals surface area contributed by atoms with Gasteiger partial charge in [-0.3, -0.25) is 4.68 Å². The molecule has 0 bridgehead atoms. The van der Waals surface area contributed by atoms with E-state index in [-0.39, 0.29) is 19.0 Å². The summed E-state index contributed by atoms with van der Waals surface area (Å²) in [5.74, 6) is -3.39. The predicted octanol–water partition coefficient (Wildman–Crippen LogP) is 2.31. The van der Waals surface area contributed by atoms with Crippen LogP contribution in [-0.2, 0) is 13.6 Å². The minimum absolute atomic E-state index is 0.0300. The lowest BCUT2D eigenvalue weighted by Crippen LogP contribution is -2.41. The van der Waals surface area contributed by atoms with Gasteiger partial charge in [0.25, 0.3) is 5.92 Å². The van der Waals surface area contributed by atoms with Gasteiger partial charge >= 0.3 is 6.03 Å². The lowest BCUT2D eigenvalue weighted by molar-refractivity contribution is -0.0351. The minimum atomic E-state index is -2.65. The molecular weight excluding hydrogens is 278 g/mol. The molecule has 1 fully saturated rings. The number of urea groups is 1. The molecule has 5 nitrogen and oxygen atoms in total. The molecule has 1 aliphatic rings. The lowest BCUT2D eigenvalue weighted by Gasteiger charge is -2.22. The third-order valence-electron chi connectivity index (χ3n) is 4.25. The Morgan fingerprint density at radius 1 is 1.62 bits per heavy atom. The van der Waals surface area contributed by atoms with Gasteiger partial charge in [0.2, 0.25) is 0 Å². The van der Waals surface area contributed by atoms with E-state index in [1.807, 2.05) is 14.0 Å². The summed E-state index contributed by atoms with van der Waals surface area (Å²) in [5.41, 5.74) is 1.93. The van der Waals surface area contributed by atoms with Crippen LogP contribution in [0.4, 0.5) is 13.6 Å². The van der Waals surface area contributed by atoms with Crippen molar-refractivity contribution in [3.05, 3.63) is 17.5 Å². The van der Waals surface area contributed by atoms with Gasteiger partial charge < -0.3 is 10.2 Å². The van der Waals surface area contributed by atoms with Crippen molar-refractivity contribution in [3.8, 4) is 0 Å². The molecule has 1 aromatic heterocycles. The normalized spacial score (nSPS) is 20.5. The first kappa shape index (κ1) is 15.7. The van der Waals surface area contributed by atoms with Crippen molar-refractivity contribution in [3.63, 3.8) is 0 Å². The Morgan fingerprint density at radius 3 is 2.86 bits per heavy atom. The van der Waals surface area contributed by atoms with E-state index in [4.69, 9.17) is 0 Å². The average Bonchev–Trinajstić information content (AvgIpc) is 2.92. The molecule has 0 radical (unpaired) electrons. The number of hydrogen-bond donors (Lipinski definition) is 1. The van der Waals surface area contributed by atoms with Gasteiger partial charge in [-0.1, -0.05) is 0 Å². The van der Waals surface area contributed by atoms with Crippen LogP contribution in [0.3, 0.4) is 0 Å². The van der Waals surface area contributed by atoms with Crippen LogP contribution < -0.4 is 5.32 Å². The number of carbonyl (C=O) groups excluding carboxylic acids is 1. The van der Waals surface area contributed by atoms with E-state index in [0.29, 0.717) is 19.4 Å². The summed E-state index contributed by atoms with van der Waals surface area (Å²) in [6, 6.07) is -0.332. The van der Waals surface area contributed by atoms with Crippen molar-refractivity contribution in [2.24, 2.45) is 13.0 Å². The number of aryl methyl sites for hydroxylation is 1. The molecule has 0 spiro atoms. The second kappa shape index (κ2) is 5.99. The molecule has 1 aromatic rings. The largest absolute Gasteiger partial charge is 0.337 e. The van der Waals surface area contributed by atoms with Crippen molar-refractivity contribution < 1.29 is 13.6 Å². The lowest BCUT2D eigenvalue weighted by atomic mass is 10.1. The van der Waals surface area contributed by atoms with E-state index in [9.17, 15) is 13.6 Å². The van der Waals surface area contributed by atoms with Crippen LogP contribution in [0.1, 0.15) is 30.5 Å². The van der Waals surface area contributed by atoms with Crippen molar-refractivity contribution in [2.75, 3.05) is 13.6 Å². The summed E-state index contributed by atoms with van der Waals surface area (Å²) >= 11 is 0. The van der Waals surface area contributed by atoms with Crippen LogP contribution in [0, 0.1) is 12.8 Å². The Kier molecular flexibility index (Phi) is 4.49. The molecule has 1 aliphatic carbocycles. The highest BCUT2D eigenvalue weighted by atomic mass is 19.3. The van der Waals surface area contributed by atoms with Gasteiger partial charge in [0, 0.05) is 44.2 Å². The highest BCUT2D eigenvalue weighted by molar-refractivity contribution is 5.73. The zero-order valence-corrected chi connectivity index (χ0v) is 12.7. The molecule has 1 N–H and O–H groups in total. The third-order valence-corrected chi connectivity index (χ3v) is 4.25. The summed E-state index contributed by atoms with van der Waals surface area (Å²) < 4.78 is 28.7. The van der Waals surface area contributed by atoms with Crippen LogP contribution in [0.15, 0.2) is 6.20 Å². The SMILES string of the molecule is Cc1c(CN(C)C(=O)NCC2CCCC2(F)F)cnn1C. The van der Waals surface area contributed by atoms with Gasteiger partial charge in [0.15, 0.2) is 0 Å².